The number of carbonyl (C=O) groups excluding carboxylic acids is 1. The molecule has 0 aromatic heterocycles. The number of amides is 1. The lowest BCUT2D eigenvalue weighted by molar-refractivity contribution is -0.143. The maximum absolute atomic E-state index is 14.0. The van der Waals surface area contributed by atoms with Gasteiger partial charge in [-0.1, -0.05) is 98.8 Å². The molecule has 1 aliphatic heterocycles. The van der Waals surface area contributed by atoms with Gasteiger partial charge in [0, 0.05) is 31.8 Å². The lowest BCUT2D eigenvalue weighted by Gasteiger charge is -2.45. The number of hydrogen-bond acceptors (Lipinski definition) is 4. The predicted molar refractivity (Wildman–Crippen MR) is 184 cm³/mol. The highest BCUT2D eigenvalue weighted by Gasteiger charge is 2.54. The van der Waals surface area contributed by atoms with E-state index in [0.717, 1.165) is 36.0 Å². The van der Waals surface area contributed by atoms with Gasteiger partial charge in [-0.2, -0.15) is 0 Å². The van der Waals surface area contributed by atoms with Gasteiger partial charge in [0.25, 0.3) is 5.91 Å². The SMILES string of the molecule is C=C1/C(=C\C=C2/CCC[C@]3(C)[C@@H]([C@H](C)C[C@H]4C[C@@](O)(Cc5ccccc5)C(=O)N4CCc4ccccc4)CC[C@@H]23)C[C@@H](O)C[C@@H]1O. The van der Waals surface area contributed by atoms with Crippen molar-refractivity contribution in [3.05, 3.63) is 107 Å². The molecule has 2 aromatic carbocycles. The maximum atomic E-state index is 14.0. The van der Waals surface area contributed by atoms with E-state index in [4.69, 9.17) is 0 Å². The summed E-state index contributed by atoms with van der Waals surface area (Å²) >= 11 is 0. The van der Waals surface area contributed by atoms with Crippen LogP contribution in [0.3, 0.4) is 0 Å². The van der Waals surface area contributed by atoms with Gasteiger partial charge in [0.05, 0.1) is 12.2 Å². The second kappa shape index (κ2) is 13.6. The molecular formula is C41H53NO4. The summed E-state index contributed by atoms with van der Waals surface area (Å²) < 4.78 is 0. The van der Waals surface area contributed by atoms with Gasteiger partial charge in [-0.25, -0.2) is 0 Å². The van der Waals surface area contributed by atoms with Crippen LogP contribution in [-0.4, -0.2) is 56.5 Å². The fraction of sp³-hybridized carbons (Fsp3) is 0.537. The van der Waals surface area contributed by atoms with Gasteiger partial charge in [-0.15, -0.1) is 0 Å². The molecule has 8 atom stereocenters. The van der Waals surface area contributed by atoms with Crippen molar-refractivity contribution in [2.45, 2.75) is 108 Å². The average Bonchev–Trinajstić information content (AvgIpc) is 3.51. The van der Waals surface area contributed by atoms with Crippen molar-refractivity contribution in [3.8, 4) is 0 Å². The molecule has 4 aliphatic rings. The third kappa shape index (κ3) is 6.70. The van der Waals surface area contributed by atoms with E-state index < -0.39 is 17.8 Å². The van der Waals surface area contributed by atoms with E-state index >= 15 is 0 Å². The number of benzene rings is 2. The molecule has 5 nitrogen and oxygen atoms in total. The molecule has 0 radical (unpaired) electrons. The first kappa shape index (κ1) is 32.9. The zero-order chi connectivity index (χ0) is 32.5. The van der Waals surface area contributed by atoms with Gasteiger partial charge in [-0.3, -0.25) is 4.79 Å². The second-order valence-electron chi connectivity index (χ2n) is 15.2. The molecule has 1 heterocycles. The molecule has 46 heavy (non-hydrogen) atoms. The number of hydrogen-bond donors (Lipinski definition) is 3. The number of aliphatic hydroxyl groups is 3. The van der Waals surface area contributed by atoms with Gasteiger partial charge in [-0.05, 0) is 96.8 Å². The third-order valence-electron chi connectivity index (χ3n) is 12.1. The van der Waals surface area contributed by atoms with Gasteiger partial charge in [0.1, 0.15) is 5.60 Å². The lowest BCUT2D eigenvalue weighted by atomic mass is 9.60. The Labute approximate surface area is 275 Å². The summed E-state index contributed by atoms with van der Waals surface area (Å²) in [5, 5.41) is 32.4. The minimum absolute atomic E-state index is 0.0149. The van der Waals surface area contributed by atoms with E-state index in [1.165, 1.54) is 36.8 Å². The largest absolute Gasteiger partial charge is 0.393 e. The van der Waals surface area contributed by atoms with Crippen LogP contribution in [0.25, 0.3) is 0 Å². The average molecular weight is 624 g/mol. The van der Waals surface area contributed by atoms with Gasteiger partial charge in [0.2, 0.25) is 0 Å². The van der Waals surface area contributed by atoms with Crippen LogP contribution in [0.15, 0.2) is 96.1 Å². The van der Waals surface area contributed by atoms with Crippen LogP contribution in [0.5, 0.6) is 0 Å². The molecule has 0 spiro atoms. The molecule has 3 aliphatic carbocycles. The summed E-state index contributed by atoms with van der Waals surface area (Å²) in [5.74, 6) is 1.38. The number of nitrogens with zero attached hydrogens (tertiary/aromatic N) is 1. The first-order chi connectivity index (χ1) is 22.1. The highest BCUT2D eigenvalue weighted by Crippen LogP contribution is 2.60. The van der Waals surface area contributed by atoms with Crippen LogP contribution < -0.4 is 0 Å². The minimum Gasteiger partial charge on any atom is -0.393 e. The maximum Gasteiger partial charge on any atom is 0.255 e. The topological polar surface area (TPSA) is 81.0 Å². The molecule has 5 heteroatoms. The fourth-order valence-corrected chi connectivity index (χ4v) is 9.76. The molecule has 1 saturated heterocycles. The second-order valence-corrected chi connectivity index (χ2v) is 15.2. The van der Waals surface area contributed by atoms with E-state index in [2.05, 4.69) is 44.7 Å². The molecule has 3 saturated carbocycles. The zero-order valence-electron chi connectivity index (χ0n) is 27.8. The Kier molecular flexibility index (Phi) is 9.75. The zero-order valence-corrected chi connectivity index (χ0v) is 27.8. The van der Waals surface area contributed by atoms with Gasteiger partial charge in [0.15, 0.2) is 0 Å². The molecular weight excluding hydrogens is 570 g/mol. The number of aliphatic hydroxyl groups excluding tert-OH is 2. The number of fused-ring (bicyclic) bond motifs is 1. The van der Waals surface area contributed by atoms with Gasteiger partial charge < -0.3 is 20.2 Å². The Bertz CT molecular complexity index is 1450. The highest BCUT2D eigenvalue weighted by atomic mass is 16.3. The van der Waals surface area contributed by atoms with E-state index in [-0.39, 0.29) is 17.4 Å². The van der Waals surface area contributed by atoms with Crippen molar-refractivity contribution >= 4 is 5.91 Å². The molecule has 3 N–H and O–H groups in total. The fourth-order valence-electron chi connectivity index (χ4n) is 9.76. The van der Waals surface area contributed by atoms with Crippen LogP contribution >= 0.6 is 0 Å². The molecule has 6 rings (SSSR count). The number of rotatable bonds is 9. The first-order valence-corrected chi connectivity index (χ1v) is 17.6. The summed E-state index contributed by atoms with van der Waals surface area (Å²) in [7, 11) is 0. The number of carbonyl (C=O) groups is 1. The van der Waals surface area contributed by atoms with Crippen LogP contribution in [0, 0.1) is 23.2 Å². The van der Waals surface area contributed by atoms with Crippen molar-refractivity contribution < 1.29 is 20.1 Å². The monoisotopic (exact) mass is 623 g/mol. The van der Waals surface area contributed by atoms with E-state index in [1.807, 2.05) is 53.4 Å². The summed E-state index contributed by atoms with van der Waals surface area (Å²) in [4.78, 5) is 16.0. The Hall–Kier alpha value is -2.99. The van der Waals surface area contributed by atoms with Crippen molar-refractivity contribution in [2.24, 2.45) is 23.2 Å². The van der Waals surface area contributed by atoms with E-state index in [9.17, 15) is 20.1 Å². The quantitative estimate of drug-likeness (QED) is 0.282. The van der Waals surface area contributed by atoms with E-state index in [0.29, 0.717) is 50.0 Å². The van der Waals surface area contributed by atoms with Crippen LogP contribution in [0.1, 0.15) is 82.8 Å². The molecule has 0 bridgehead atoms. The molecule has 2 aromatic rings. The standard InChI is InChI=1S/C41H53NO4/c1-28(36-18-19-37-32(15-10-21-40(36,37)3)16-17-33-24-35(43)25-38(44)29(33)2)23-34-27-41(46,26-31-13-8-5-9-14-31)39(45)42(34)22-20-30-11-6-4-7-12-30/h4-9,11-14,16-17,28,34-38,43-44,46H,2,10,15,18-27H2,1,3H3/b32-16+,33-17-/t28-,34+,35-,36-,37+,38+,40-,41+/m1/s1. The third-order valence-corrected chi connectivity index (χ3v) is 12.1. The molecule has 246 valence electrons. The van der Waals surface area contributed by atoms with Crippen molar-refractivity contribution in [3.63, 3.8) is 0 Å². The smallest absolute Gasteiger partial charge is 0.255 e. The predicted octanol–water partition coefficient (Wildman–Crippen LogP) is 6.97. The summed E-state index contributed by atoms with van der Waals surface area (Å²) in [6, 6.07) is 20.3. The van der Waals surface area contributed by atoms with Crippen LogP contribution in [0.4, 0.5) is 0 Å². The molecule has 1 amide bonds. The highest BCUT2D eigenvalue weighted by molar-refractivity contribution is 5.88. The summed E-state index contributed by atoms with van der Waals surface area (Å²) in [6.07, 6.45) is 12.5. The normalized spacial score (nSPS) is 35.6. The minimum atomic E-state index is -1.37. The Morgan fingerprint density at radius 1 is 1.02 bits per heavy atom. The Balaban J connectivity index is 1.19. The molecule has 0 unspecified atom stereocenters. The lowest BCUT2D eigenvalue weighted by Crippen LogP contribution is -2.43. The number of allylic oxidation sites excluding steroid dienone is 3. The van der Waals surface area contributed by atoms with Crippen molar-refractivity contribution in [2.75, 3.05) is 6.54 Å². The van der Waals surface area contributed by atoms with Crippen LogP contribution in [-0.2, 0) is 17.6 Å². The van der Waals surface area contributed by atoms with Crippen molar-refractivity contribution in [1.82, 2.24) is 4.90 Å². The van der Waals surface area contributed by atoms with Crippen molar-refractivity contribution in [1.29, 1.82) is 0 Å². The first-order valence-electron chi connectivity index (χ1n) is 17.6. The summed E-state index contributed by atoms with van der Waals surface area (Å²) in [6.45, 7) is 9.62. The van der Waals surface area contributed by atoms with E-state index in [1.54, 1.807) is 0 Å². The molecule has 4 fully saturated rings. The Morgan fingerprint density at radius 3 is 2.43 bits per heavy atom. The Morgan fingerprint density at radius 2 is 1.72 bits per heavy atom. The van der Waals surface area contributed by atoms with Crippen LogP contribution in [0.2, 0.25) is 0 Å². The van der Waals surface area contributed by atoms with Gasteiger partial charge >= 0.3 is 0 Å². The summed E-state index contributed by atoms with van der Waals surface area (Å²) in [5.41, 5.74) is 4.25. The number of likely N-dealkylation sites (tertiary alicyclic amines) is 1.